The lowest BCUT2D eigenvalue weighted by Crippen LogP contribution is -2.20. The standard InChI is InChI=1S/C14H16O3/c1-14(2)12(16-13(15)17-14)10-6-9-11-7-4-3-5-8-11/h3-5,7-8,10H,6,9H2,1-2H3. The molecule has 2 rings (SSSR count). The summed E-state index contributed by atoms with van der Waals surface area (Å²) in [6.07, 6.45) is 3.08. The van der Waals surface area contributed by atoms with Crippen molar-refractivity contribution < 1.29 is 14.3 Å². The number of hydrogen-bond donors (Lipinski definition) is 0. The molecule has 3 nitrogen and oxygen atoms in total. The van der Waals surface area contributed by atoms with Crippen LogP contribution in [0.3, 0.4) is 0 Å². The molecule has 0 spiro atoms. The van der Waals surface area contributed by atoms with Crippen LogP contribution >= 0.6 is 0 Å². The minimum atomic E-state index is -0.631. The summed E-state index contributed by atoms with van der Waals surface area (Å²) in [4.78, 5) is 11.0. The SMILES string of the molecule is CC1(C)OC(=O)OC1=CCCc1ccccc1. The maximum absolute atomic E-state index is 11.0. The molecule has 17 heavy (non-hydrogen) atoms. The first-order chi connectivity index (χ1) is 8.08. The molecule has 1 heterocycles. The molecule has 1 aliphatic rings. The second-order valence-electron chi connectivity index (χ2n) is 4.56. The maximum Gasteiger partial charge on any atom is 0.514 e. The molecule has 0 saturated carbocycles. The van der Waals surface area contributed by atoms with Gasteiger partial charge in [0.25, 0.3) is 0 Å². The van der Waals surface area contributed by atoms with Crippen LogP contribution in [-0.2, 0) is 15.9 Å². The number of carbonyl (C=O) groups is 1. The van der Waals surface area contributed by atoms with Gasteiger partial charge in [-0.05, 0) is 38.3 Å². The van der Waals surface area contributed by atoms with Crippen LogP contribution in [0, 0.1) is 0 Å². The molecule has 1 saturated heterocycles. The second kappa shape index (κ2) is 4.62. The van der Waals surface area contributed by atoms with Gasteiger partial charge in [-0.2, -0.15) is 0 Å². The number of benzene rings is 1. The fourth-order valence-corrected chi connectivity index (χ4v) is 1.79. The highest BCUT2D eigenvalue weighted by Gasteiger charge is 2.38. The third-order valence-corrected chi connectivity index (χ3v) is 2.73. The summed E-state index contributed by atoms with van der Waals surface area (Å²) < 4.78 is 10.0. The molecule has 1 aromatic rings. The van der Waals surface area contributed by atoms with Crippen LogP contribution in [0.15, 0.2) is 42.2 Å². The van der Waals surface area contributed by atoms with Crippen LogP contribution in [0.4, 0.5) is 4.79 Å². The van der Waals surface area contributed by atoms with E-state index >= 15 is 0 Å². The van der Waals surface area contributed by atoms with Gasteiger partial charge in [-0.3, -0.25) is 0 Å². The van der Waals surface area contributed by atoms with E-state index < -0.39 is 11.8 Å². The van der Waals surface area contributed by atoms with Gasteiger partial charge >= 0.3 is 6.16 Å². The Balaban J connectivity index is 1.95. The summed E-state index contributed by atoms with van der Waals surface area (Å²) in [5, 5.41) is 0. The van der Waals surface area contributed by atoms with Crippen LogP contribution in [-0.4, -0.2) is 11.8 Å². The molecule has 0 radical (unpaired) electrons. The van der Waals surface area contributed by atoms with Crippen molar-refractivity contribution in [3.8, 4) is 0 Å². The highest BCUT2D eigenvalue weighted by Crippen LogP contribution is 2.30. The summed E-state index contributed by atoms with van der Waals surface area (Å²) in [5.74, 6) is 0.610. The van der Waals surface area contributed by atoms with E-state index in [0.717, 1.165) is 12.8 Å². The van der Waals surface area contributed by atoms with E-state index in [1.54, 1.807) is 0 Å². The average molecular weight is 232 g/mol. The Morgan fingerprint density at radius 1 is 1.24 bits per heavy atom. The number of ether oxygens (including phenoxy) is 2. The minimum Gasteiger partial charge on any atom is -0.420 e. The Morgan fingerprint density at radius 2 is 1.94 bits per heavy atom. The Kier molecular flexibility index (Phi) is 3.18. The normalized spacial score (nSPS) is 20.1. The van der Waals surface area contributed by atoms with Crippen molar-refractivity contribution in [2.75, 3.05) is 0 Å². The van der Waals surface area contributed by atoms with Gasteiger partial charge in [-0.1, -0.05) is 30.3 Å². The van der Waals surface area contributed by atoms with Gasteiger partial charge in [0, 0.05) is 0 Å². The van der Waals surface area contributed by atoms with Crippen LogP contribution in [0.25, 0.3) is 0 Å². The van der Waals surface area contributed by atoms with E-state index in [1.807, 2.05) is 38.1 Å². The maximum atomic E-state index is 11.0. The summed E-state index contributed by atoms with van der Waals surface area (Å²) >= 11 is 0. The molecule has 90 valence electrons. The van der Waals surface area contributed by atoms with E-state index in [0.29, 0.717) is 5.76 Å². The highest BCUT2D eigenvalue weighted by atomic mass is 16.8. The minimum absolute atomic E-state index is 0.610. The third-order valence-electron chi connectivity index (χ3n) is 2.73. The average Bonchev–Trinajstić information content (AvgIpc) is 2.53. The van der Waals surface area contributed by atoms with Crippen LogP contribution in [0.1, 0.15) is 25.8 Å². The largest absolute Gasteiger partial charge is 0.514 e. The number of cyclic esters (lactones) is 2. The molecule has 0 aromatic heterocycles. The van der Waals surface area contributed by atoms with Gasteiger partial charge < -0.3 is 9.47 Å². The Labute approximate surface area is 101 Å². The van der Waals surface area contributed by atoms with Gasteiger partial charge in [-0.25, -0.2) is 4.79 Å². The topological polar surface area (TPSA) is 35.5 Å². The van der Waals surface area contributed by atoms with Crippen molar-refractivity contribution in [1.82, 2.24) is 0 Å². The highest BCUT2D eigenvalue weighted by molar-refractivity contribution is 5.66. The lowest BCUT2D eigenvalue weighted by molar-refractivity contribution is 0.0872. The molecule has 0 unspecified atom stereocenters. The van der Waals surface area contributed by atoms with Crippen molar-refractivity contribution in [3.63, 3.8) is 0 Å². The molecule has 0 N–H and O–H groups in total. The zero-order chi connectivity index (χ0) is 12.3. The number of hydrogen-bond acceptors (Lipinski definition) is 3. The third kappa shape index (κ3) is 2.87. The van der Waals surface area contributed by atoms with Crippen molar-refractivity contribution in [2.45, 2.75) is 32.3 Å². The van der Waals surface area contributed by atoms with E-state index in [9.17, 15) is 4.79 Å². The predicted octanol–water partition coefficient (Wildman–Crippen LogP) is 3.45. The van der Waals surface area contributed by atoms with E-state index in [2.05, 4.69) is 12.1 Å². The first-order valence-electron chi connectivity index (χ1n) is 5.73. The monoisotopic (exact) mass is 232 g/mol. The summed E-state index contributed by atoms with van der Waals surface area (Å²) in [7, 11) is 0. The first kappa shape index (κ1) is 11.7. The quantitative estimate of drug-likeness (QED) is 0.749. The van der Waals surface area contributed by atoms with Gasteiger partial charge in [0.2, 0.25) is 0 Å². The molecule has 1 aromatic carbocycles. The number of carbonyl (C=O) groups excluding carboxylic acids is 1. The summed E-state index contributed by atoms with van der Waals surface area (Å²) in [6, 6.07) is 10.2. The Bertz CT molecular complexity index is 432. The molecular weight excluding hydrogens is 216 g/mol. The van der Waals surface area contributed by atoms with E-state index in [1.165, 1.54) is 5.56 Å². The lowest BCUT2D eigenvalue weighted by atomic mass is 10.0. The molecule has 0 aliphatic carbocycles. The Morgan fingerprint density at radius 3 is 2.53 bits per heavy atom. The smallest absolute Gasteiger partial charge is 0.420 e. The predicted molar refractivity (Wildman–Crippen MR) is 64.5 cm³/mol. The first-order valence-corrected chi connectivity index (χ1v) is 5.73. The lowest BCUT2D eigenvalue weighted by Gasteiger charge is -2.13. The van der Waals surface area contributed by atoms with Crippen molar-refractivity contribution >= 4 is 6.16 Å². The summed E-state index contributed by atoms with van der Waals surface area (Å²) in [5.41, 5.74) is 0.640. The number of aryl methyl sites for hydroxylation is 1. The van der Waals surface area contributed by atoms with E-state index in [4.69, 9.17) is 9.47 Å². The van der Waals surface area contributed by atoms with Gasteiger partial charge in [0.15, 0.2) is 11.4 Å². The van der Waals surface area contributed by atoms with Gasteiger partial charge in [-0.15, -0.1) is 0 Å². The number of allylic oxidation sites excluding steroid dienone is 1. The molecule has 0 atom stereocenters. The van der Waals surface area contributed by atoms with Crippen LogP contribution in [0.2, 0.25) is 0 Å². The molecule has 0 bridgehead atoms. The van der Waals surface area contributed by atoms with Crippen molar-refractivity contribution in [1.29, 1.82) is 0 Å². The van der Waals surface area contributed by atoms with Crippen molar-refractivity contribution in [2.24, 2.45) is 0 Å². The van der Waals surface area contributed by atoms with Crippen molar-refractivity contribution in [3.05, 3.63) is 47.7 Å². The van der Waals surface area contributed by atoms with E-state index in [-0.39, 0.29) is 0 Å². The zero-order valence-corrected chi connectivity index (χ0v) is 10.1. The molecule has 0 amide bonds. The van der Waals surface area contributed by atoms with Gasteiger partial charge in [0.05, 0.1) is 0 Å². The fraction of sp³-hybridized carbons (Fsp3) is 0.357. The Hall–Kier alpha value is -1.77. The molecular formula is C14H16O3. The molecule has 1 fully saturated rings. The van der Waals surface area contributed by atoms with Gasteiger partial charge in [0.1, 0.15) is 0 Å². The zero-order valence-electron chi connectivity index (χ0n) is 10.1. The second-order valence-corrected chi connectivity index (χ2v) is 4.56. The molecule has 1 aliphatic heterocycles. The fourth-order valence-electron chi connectivity index (χ4n) is 1.79. The van der Waals surface area contributed by atoms with Crippen LogP contribution < -0.4 is 0 Å². The van der Waals surface area contributed by atoms with Crippen LogP contribution in [0.5, 0.6) is 0 Å². The summed E-state index contributed by atoms with van der Waals surface area (Å²) in [6.45, 7) is 3.65. The number of rotatable bonds is 3. The molecule has 3 heteroatoms.